The Labute approximate surface area is 220 Å². The summed E-state index contributed by atoms with van der Waals surface area (Å²) in [4.78, 5) is 33.3. The van der Waals surface area contributed by atoms with Crippen molar-refractivity contribution in [3.05, 3.63) is 108 Å². The Bertz CT molecular complexity index is 1410. The van der Waals surface area contributed by atoms with Gasteiger partial charge in [0.1, 0.15) is 23.0 Å². The fourth-order valence-corrected chi connectivity index (χ4v) is 3.30. The topological polar surface area (TPSA) is 114 Å². The van der Waals surface area contributed by atoms with Gasteiger partial charge in [0.05, 0.1) is 11.3 Å². The summed E-state index contributed by atoms with van der Waals surface area (Å²) in [5.41, 5.74) is 2.00. The van der Waals surface area contributed by atoms with Gasteiger partial charge in [-0.05, 0) is 55.0 Å². The molecule has 0 aliphatic heterocycles. The van der Waals surface area contributed by atoms with Gasteiger partial charge in [-0.3, -0.25) is 9.59 Å². The number of ether oxygens (including phenoxy) is 2. The first kappa shape index (κ1) is 27.5. The highest BCUT2D eigenvalue weighted by molar-refractivity contribution is 6.00. The Morgan fingerprint density at radius 1 is 0.605 bits per heavy atom. The Kier molecular flexibility index (Phi) is 9.59. The predicted octanol–water partition coefficient (Wildman–Crippen LogP) is 6.88. The summed E-state index contributed by atoms with van der Waals surface area (Å²) in [5, 5.41) is 14.3. The van der Waals surface area contributed by atoms with Crippen molar-refractivity contribution < 1.29 is 29.0 Å². The number of para-hydroxylation sites is 2. The monoisotopic (exact) mass is 512 g/mol. The van der Waals surface area contributed by atoms with Crippen LogP contribution in [-0.2, 0) is 9.59 Å². The van der Waals surface area contributed by atoms with Crippen LogP contribution in [0.25, 0.3) is 0 Å². The maximum Gasteiger partial charge on any atom is 0.337 e. The molecule has 0 bridgehead atoms. The van der Waals surface area contributed by atoms with Gasteiger partial charge >= 0.3 is 5.97 Å². The van der Waals surface area contributed by atoms with E-state index in [1.807, 2.05) is 73.7 Å². The summed E-state index contributed by atoms with van der Waals surface area (Å²) in [6.45, 7) is 4.75. The molecule has 0 spiro atoms. The van der Waals surface area contributed by atoms with Crippen molar-refractivity contribution in [3.8, 4) is 23.0 Å². The molecule has 0 saturated heterocycles. The zero-order valence-corrected chi connectivity index (χ0v) is 21.2. The predicted molar refractivity (Wildman–Crippen MR) is 146 cm³/mol. The Morgan fingerprint density at radius 3 is 1.53 bits per heavy atom. The number of carboxylic acids is 1. The standard InChI is InChI=1S/C15H13NO4.C15H15NO2/c1-10(17)16-14-9-12(7-8-13(14)15(18)19)20-11-5-3-2-4-6-11;1-11-8-9-14(10-15(11)16-12(2)17)18-13-6-4-3-5-7-13/h2-9H,1H3,(H,16,17)(H,18,19);3-10H,1-2H3,(H,16,17). The Balaban J connectivity index is 0.000000212. The second-order valence-electron chi connectivity index (χ2n) is 8.18. The number of benzene rings is 4. The second-order valence-corrected chi connectivity index (χ2v) is 8.18. The minimum atomic E-state index is -1.11. The van der Waals surface area contributed by atoms with E-state index < -0.39 is 5.97 Å². The van der Waals surface area contributed by atoms with Crippen LogP contribution in [0.3, 0.4) is 0 Å². The highest BCUT2D eigenvalue weighted by atomic mass is 16.5. The molecule has 0 fully saturated rings. The lowest BCUT2D eigenvalue weighted by Crippen LogP contribution is -2.10. The van der Waals surface area contributed by atoms with Crippen LogP contribution in [-0.4, -0.2) is 22.9 Å². The van der Waals surface area contributed by atoms with E-state index >= 15 is 0 Å². The smallest absolute Gasteiger partial charge is 0.337 e. The number of hydrogen-bond acceptors (Lipinski definition) is 5. The molecule has 0 aromatic heterocycles. The van der Waals surface area contributed by atoms with Crippen LogP contribution in [0.2, 0.25) is 0 Å². The van der Waals surface area contributed by atoms with Crippen LogP contribution in [0.1, 0.15) is 29.8 Å². The number of carbonyl (C=O) groups excluding carboxylic acids is 2. The fraction of sp³-hybridized carbons (Fsp3) is 0.100. The van der Waals surface area contributed by atoms with Crippen LogP contribution in [0.15, 0.2) is 97.1 Å². The molecule has 0 saturated carbocycles. The SMILES string of the molecule is CC(=O)Nc1cc(Oc2ccccc2)ccc1C.CC(=O)Nc1cc(Oc2ccccc2)ccc1C(=O)O. The molecule has 8 nitrogen and oxygen atoms in total. The molecule has 4 rings (SSSR count). The zero-order chi connectivity index (χ0) is 27.5. The summed E-state index contributed by atoms with van der Waals surface area (Å²) in [7, 11) is 0. The van der Waals surface area contributed by atoms with Gasteiger partial charge in [0.25, 0.3) is 0 Å². The van der Waals surface area contributed by atoms with Gasteiger partial charge in [-0.15, -0.1) is 0 Å². The Morgan fingerprint density at radius 2 is 1.05 bits per heavy atom. The van der Waals surface area contributed by atoms with Crippen LogP contribution < -0.4 is 20.1 Å². The van der Waals surface area contributed by atoms with E-state index in [1.165, 1.54) is 26.0 Å². The molecule has 0 heterocycles. The number of anilines is 2. The van der Waals surface area contributed by atoms with Crippen molar-refractivity contribution in [1.29, 1.82) is 0 Å². The number of amides is 2. The fourth-order valence-electron chi connectivity index (χ4n) is 3.30. The molecule has 4 aromatic rings. The maximum atomic E-state index is 11.1. The van der Waals surface area contributed by atoms with Gasteiger partial charge in [-0.25, -0.2) is 4.79 Å². The maximum absolute atomic E-state index is 11.1. The summed E-state index contributed by atoms with van der Waals surface area (Å²) < 4.78 is 11.3. The molecule has 0 unspecified atom stereocenters. The number of hydrogen-bond donors (Lipinski definition) is 3. The molecule has 4 aromatic carbocycles. The normalized spacial score (nSPS) is 9.87. The third-order valence-corrected chi connectivity index (χ3v) is 5.01. The number of carbonyl (C=O) groups is 3. The van der Waals surface area contributed by atoms with Crippen molar-refractivity contribution >= 4 is 29.2 Å². The lowest BCUT2D eigenvalue weighted by atomic mass is 10.1. The molecule has 0 aliphatic rings. The minimum absolute atomic E-state index is 0.0145. The lowest BCUT2D eigenvalue weighted by molar-refractivity contribution is -0.115. The zero-order valence-electron chi connectivity index (χ0n) is 21.2. The van der Waals surface area contributed by atoms with Crippen LogP contribution >= 0.6 is 0 Å². The summed E-state index contributed by atoms with van der Waals surface area (Å²) in [6.07, 6.45) is 0. The van der Waals surface area contributed by atoms with E-state index in [9.17, 15) is 14.4 Å². The van der Waals surface area contributed by atoms with Gasteiger partial charge in [0.2, 0.25) is 11.8 Å². The third-order valence-electron chi connectivity index (χ3n) is 5.01. The van der Waals surface area contributed by atoms with E-state index in [1.54, 1.807) is 18.2 Å². The molecule has 0 atom stereocenters. The Hall–Kier alpha value is -5.11. The van der Waals surface area contributed by atoms with Crippen molar-refractivity contribution in [2.24, 2.45) is 0 Å². The van der Waals surface area contributed by atoms with E-state index in [-0.39, 0.29) is 23.1 Å². The van der Waals surface area contributed by atoms with Crippen LogP contribution in [0, 0.1) is 6.92 Å². The van der Waals surface area contributed by atoms with Crippen LogP contribution in [0.5, 0.6) is 23.0 Å². The molecule has 8 heteroatoms. The van der Waals surface area contributed by atoms with Gasteiger partial charge in [-0.1, -0.05) is 42.5 Å². The molecule has 194 valence electrons. The average molecular weight is 513 g/mol. The van der Waals surface area contributed by atoms with Crippen molar-refractivity contribution in [2.45, 2.75) is 20.8 Å². The van der Waals surface area contributed by atoms with Crippen molar-refractivity contribution in [1.82, 2.24) is 0 Å². The molecule has 0 aliphatic carbocycles. The number of carboxylic acid groups (broad SMARTS) is 1. The van der Waals surface area contributed by atoms with Gasteiger partial charge in [-0.2, -0.15) is 0 Å². The summed E-state index contributed by atoms with van der Waals surface area (Å²) >= 11 is 0. The third kappa shape index (κ3) is 8.53. The first-order chi connectivity index (χ1) is 18.2. The second kappa shape index (κ2) is 13.3. The highest BCUT2D eigenvalue weighted by Crippen LogP contribution is 2.28. The summed E-state index contributed by atoms with van der Waals surface area (Å²) in [5.74, 6) is 1.01. The van der Waals surface area contributed by atoms with Crippen molar-refractivity contribution in [3.63, 3.8) is 0 Å². The van der Waals surface area contributed by atoms with Crippen LogP contribution in [0.4, 0.5) is 11.4 Å². The van der Waals surface area contributed by atoms with Gasteiger partial charge in [0.15, 0.2) is 0 Å². The first-order valence-corrected chi connectivity index (χ1v) is 11.7. The molecule has 3 N–H and O–H groups in total. The van der Waals surface area contributed by atoms with E-state index in [0.29, 0.717) is 17.2 Å². The number of rotatable bonds is 7. The average Bonchev–Trinajstić information content (AvgIpc) is 2.87. The molecule has 2 amide bonds. The minimum Gasteiger partial charge on any atom is -0.478 e. The molecule has 0 radical (unpaired) electrons. The largest absolute Gasteiger partial charge is 0.478 e. The number of aromatic carboxylic acids is 1. The summed E-state index contributed by atoms with van der Waals surface area (Å²) in [6, 6.07) is 28.7. The quantitative estimate of drug-likeness (QED) is 0.249. The van der Waals surface area contributed by atoms with E-state index in [0.717, 1.165) is 17.0 Å². The number of aryl methyl sites for hydroxylation is 1. The molecular weight excluding hydrogens is 484 g/mol. The molecular formula is C30H28N2O6. The van der Waals surface area contributed by atoms with Gasteiger partial charge < -0.3 is 25.2 Å². The molecule has 38 heavy (non-hydrogen) atoms. The first-order valence-electron chi connectivity index (χ1n) is 11.7. The van der Waals surface area contributed by atoms with E-state index in [2.05, 4.69) is 10.6 Å². The lowest BCUT2D eigenvalue weighted by Gasteiger charge is -2.10. The number of nitrogens with one attached hydrogen (secondary N) is 2. The van der Waals surface area contributed by atoms with E-state index in [4.69, 9.17) is 14.6 Å². The van der Waals surface area contributed by atoms with Crippen molar-refractivity contribution in [2.75, 3.05) is 10.6 Å². The van der Waals surface area contributed by atoms with Gasteiger partial charge in [0, 0.05) is 31.7 Å². The highest BCUT2D eigenvalue weighted by Gasteiger charge is 2.12.